The molecule has 1 saturated heterocycles. The minimum absolute atomic E-state index is 0.0577. The number of aryl methyl sites for hydroxylation is 1. The molecule has 3 N–H and O–H groups in total. The number of hydrogen-bond acceptors (Lipinski definition) is 3. The van der Waals surface area contributed by atoms with Gasteiger partial charge in [0, 0.05) is 36.9 Å². The number of rotatable bonds is 6. The maximum atomic E-state index is 12.3. The van der Waals surface area contributed by atoms with Gasteiger partial charge in [-0.3, -0.25) is 9.59 Å². The Morgan fingerprint density at radius 3 is 2.84 bits per heavy atom. The van der Waals surface area contributed by atoms with E-state index in [0.717, 1.165) is 34.9 Å². The molecule has 2 heterocycles. The number of fused-ring (bicyclic) bond motifs is 1. The third-order valence-corrected chi connectivity index (χ3v) is 5.03. The van der Waals surface area contributed by atoms with Gasteiger partial charge in [0.1, 0.15) is 0 Å². The minimum Gasteiger partial charge on any atom is -0.481 e. The Morgan fingerprint density at radius 1 is 1.36 bits per heavy atom. The number of aliphatic carboxylic acids is 1. The number of carboxylic acid groups (broad SMARTS) is 1. The monoisotopic (exact) mass is 344 g/mol. The molecule has 1 atom stereocenters. The van der Waals surface area contributed by atoms with E-state index < -0.39 is 11.9 Å². The fraction of sp³-hybridized carbons (Fsp3) is 0.474. The van der Waals surface area contributed by atoms with Crippen molar-refractivity contribution in [2.45, 2.75) is 26.2 Å². The number of carbonyl (C=O) groups is 2. The molecule has 0 aliphatic carbocycles. The highest BCUT2D eigenvalue weighted by Gasteiger charge is 2.30. The summed E-state index contributed by atoms with van der Waals surface area (Å²) in [5, 5.41) is 13.3. The Kier molecular flexibility index (Phi) is 5.38. The van der Waals surface area contributed by atoms with Crippen LogP contribution in [-0.4, -0.2) is 41.7 Å². The number of nitrogens with one attached hydrogen (secondary N) is 2. The van der Waals surface area contributed by atoms with Gasteiger partial charge >= 0.3 is 5.97 Å². The molecule has 0 saturated carbocycles. The summed E-state index contributed by atoms with van der Waals surface area (Å²) in [6.45, 7) is 3.38. The molecule has 25 heavy (non-hydrogen) atoms. The summed E-state index contributed by atoms with van der Waals surface area (Å²) in [5.74, 6) is -1.50. The molecule has 0 radical (unpaired) electrons. The standard InChI is InChI=1S/C19H24N2O4/c1-12-3-2-4-15-14(10-21-18(12)15)9-17(22)20-11-16(19(23)24)13-5-7-25-8-6-13/h2-4,10,13,16,21H,5-9,11H2,1H3,(H,20,22)(H,23,24). The van der Waals surface area contributed by atoms with E-state index in [2.05, 4.69) is 10.3 Å². The van der Waals surface area contributed by atoms with Crippen LogP contribution in [0.25, 0.3) is 10.9 Å². The second-order valence-electron chi connectivity index (χ2n) is 6.69. The van der Waals surface area contributed by atoms with Crippen molar-refractivity contribution in [2.24, 2.45) is 11.8 Å². The molecule has 6 nitrogen and oxygen atoms in total. The summed E-state index contributed by atoms with van der Waals surface area (Å²) in [4.78, 5) is 27.1. The first-order valence-corrected chi connectivity index (χ1v) is 8.69. The first kappa shape index (κ1) is 17.5. The lowest BCUT2D eigenvalue weighted by Gasteiger charge is -2.27. The van der Waals surface area contributed by atoms with E-state index in [1.807, 2.05) is 31.3 Å². The minimum atomic E-state index is -0.852. The summed E-state index contributed by atoms with van der Waals surface area (Å²) < 4.78 is 5.29. The van der Waals surface area contributed by atoms with E-state index in [1.54, 1.807) is 0 Å². The van der Waals surface area contributed by atoms with E-state index in [0.29, 0.717) is 13.2 Å². The Bertz CT molecular complexity index is 762. The molecule has 0 spiro atoms. The number of benzene rings is 1. The molecule has 1 unspecified atom stereocenters. The van der Waals surface area contributed by atoms with Crippen molar-refractivity contribution in [1.29, 1.82) is 0 Å². The molecule has 2 aromatic rings. The number of hydrogen-bond donors (Lipinski definition) is 3. The zero-order chi connectivity index (χ0) is 17.8. The molecule has 3 rings (SSSR count). The van der Waals surface area contributed by atoms with E-state index in [4.69, 9.17) is 4.74 Å². The third kappa shape index (κ3) is 4.02. The third-order valence-electron chi connectivity index (χ3n) is 5.03. The van der Waals surface area contributed by atoms with E-state index in [9.17, 15) is 14.7 Å². The zero-order valence-corrected chi connectivity index (χ0v) is 14.4. The predicted octanol–water partition coefficient (Wildman–Crippen LogP) is 2.26. The molecule has 6 heteroatoms. The van der Waals surface area contributed by atoms with Crippen LogP contribution in [0.15, 0.2) is 24.4 Å². The van der Waals surface area contributed by atoms with Gasteiger partial charge in [0.05, 0.1) is 12.3 Å². The van der Waals surface area contributed by atoms with Crippen molar-refractivity contribution in [1.82, 2.24) is 10.3 Å². The Labute approximate surface area is 146 Å². The van der Waals surface area contributed by atoms with Gasteiger partial charge in [-0.05, 0) is 36.8 Å². The lowest BCUT2D eigenvalue weighted by molar-refractivity contribution is -0.144. The van der Waals surface area contributed by atoms with Crippen LogP contribution >= 0.6 is 0 Å². The van der Waals surface area contributed by atoms with Crippen LogP contribution in [0.1, 0.15) is 24.0 Å². The average molecular weight is 344 g/mol. The lowest BCUT2D eigenvalue weighted by atomic mass is 9.86. The van der Waals surface area contributed by atoms with Crippen LogP contribution in [0.2, 0.25) is 0 Å². The van der Waals surface area contributed by atoms with E-state index >= 15 is 0 Å². The van der Waals surface area contributed by atoms with Gasteiger partial charge < -0.3 is 20.1 Å². The van der Waals surface area contributed by atoms with Crippen LogP contribution in [0.3, 0.4) is 0 Å². The van der Waals surface area contributed by atoms with Gasteiger partial charge in [0.15, 0.2) is 0 Å². The zero-order valence-electron chi connectivity index (χ0n) is 14.4. The fourth-order valence-electron chi connectivity index (χ4n) is 3.54. The van der Waals surface area contributed by atoms with E-state index in [1.165, 1.54) is 0 Å². The van der Waals surface area contributed by atoms with E-state index in [-0.39, 0.29) is 24.8 Å². The van der Waals surface area contributed by atoms with Crippen molar-refractivity contribution in [2.75, 3.05) is 19.8 Å². The van der Waals surface area contributed by atoms with Crippen molar-refractivity contribution < 1.29 is 19.4 Å². The van der Waals surface area contributed by atoms with Gasteiger partial charge in [-0.2, -0.15) is 0 Å². The van der Waals surface area contributed by atoms with Gasteiger partial charge in [-0.25, -0.2) is 0 Å². The summed E-state index contributed by atoms with van der Waals surface area (Å²) in [6, 6.07) is 5.98. The topological polar surface area (TPSA) is 91.4 Å². The average Bonchev–Trinajstić information content (AvgIpc) is 3.00. The molecule has 1 aromatic carbocycles. The molecule has 1 fully saturated rings. The quantitative estimate of drug-likeness (QED) is 0.749. The number of aromatic nitrogens is 1. The Morgan fingerprint density at radius 2 is 2.12 bits per heavy atom. The second-order valence-corrected chi connectivity index (χ2v) is 6.69. The number of para-hydroxylation sites is 1. The van der Waals surface area contributed by atoms with Crippen molar-refractivity contribution in [3.05, 3.63) is 35.5 Å². The fourth-order valence-corrected chi connectivity index (χ4v) is 3.54. The molecule has 0 bridgehead atoms. The number of carboxylic acids is 1. The van der Waals surface area contributed by atoms with Crippen LogP contribution in [0.4, 0.5) is 0 Å². The first-order valence-electron chi connectivity index (χ1n) is 8.69. The maximum absolute atomic E-state index is 12.3. The van der Waals surface area contributed by atoms with Crippen LogP contribution in [0, 0.1) is 18.8 Å². The van der Waals surface area contributed by atoms with Crippen LogP contribution in [-0.2, 0) is 20.7 Å². The van der Waals surface area contributed by atoms with Crippen LogP contribution in [0.5, 0.6) is 0 Å². The molecular weight excluding hydrogens is 320 g/mol. The highest BCUT2D eigenvalue weighted by atomic mass is 16.5. The largest absolute Gasteiger partial charge is 0.481 e. The highest BCUT2D eigenvalue weighted by molar-refractivity contribution is 5.90. The molecule has 1 aromatic heterocycles. The Hall–Kier alpha value is -2.34. The van der Waals surface area contributed by atoms with Gasteiger partial charge in [0.2, 0.25) is 5.91 Å². The molecule has 1 amide bonds. The maximum Gasteiger partial charge on any atom is 0.308 e. The molecule has 1 aliphatic heterocycles. The normalized spacial score (nSPS) is 16.7. The number of ether oxygens (including phenoxy) is 1. The smallest absolute Gasteiger partial charge is 0.308 e. The molecular formula is C19H24N2O4. The van der Waals surface area contributed by atoms with Gasteiger partial charge in [-0.1, -0.05) is 18.2 Å². The van der Waals surface area contributed by atoms with Gasteiger partial charge in [-0.15, -0.1) is 0 Å². The summed E-state index contributed by atoms with van der Waals surface area (Å²) in [7, 11) is 0. The van der Waals surface area contributed by atoms with Gasteiger partial charge in [0.25, 0.3) is 0 Å². The SMILES string of the molecule is Cc1cccc2c(CC(=O)NCC(C(=O)O)C3CCOCC3)c[nH]c12. The first-order chi connectivity index (χ1) is 12.1. The Balaban J connectivity index is 1.61. The second kappa shape index (κ2) is 7.70. The van der Waals surface area contributed by atoms with Crippen molar-refractivity contribution in [3.63, 3.8) is 0 Å². The van der Waals surface area contributed by atoms with Crippen LogP contribution < -0.4 is 5.32 Å². The predicted molar refractivity (Wildman–Crippen MR) is 94.4 cm³/mol. The highest BCUT2D eigenvalue weighted by Crippen LogP contribution is 2.24. The summed E-state index contributed by atoms with van der Waals surface area (Å²) in [5.41, 5.74) is 3.10. The summed E-state index contributed by atoms with van der Waals surface area (Å²) >= 11 is 0. The number of aromatic amines is 1. The number of amides is 1. The van der Waals surface area contributed by atoms with Crippen molar-refractivity contribution >= 4 is 22.8 Å². The van der Waals surface area contributed by atoms with Crippen molar-refractivity contribution in [3.8, 4) is 0 Å². The molecule has 134 valence electrons. The number of H-pyrrole nitrogens is 1. The molecule has 1 aliphatic rings. The number of carbonyl (C=O) groups excluding carboxylic acids is 1. The lowest BCUT2D eigenvalue weighted by Crippen LogP contribution is -2.39. The summed E-state index contributed by atoms with van der Waals surface area (Å²) in [6.07, 6.45) is 3.55.